The molecule has 0 aliphatic heterocycles. The zero-order valence-corrected chi connectivity index (χ0v) is 10.6. The standard InChI is InChI=1S/C14H19N3/c1-14(2,3)15-11-12-6-4-7-13(10-12)17-9-5-8-16-17/h4-10,15H,11H2,1-3H3. The van der Waals surface area contributed by atoms with Crippen LogP contribution in [0.1, 0.15) is 26.3 Å². The van der Waals surface area contributed by atoms with Crippen LogP contribution in [0.15, 0.2) is 42.7 Å². The maximum atomic E-state index is 4.23. The predicted molar refractivity (Wildman–Crippen MR) is 70.2 cm³/mol. The van der Waals surface area contributed by atoms with E-state index in [1.54, 1.807) is 6.20 Å². The van der Waals surface area contributed by atoms with Gasteiger partial charge >= 0.3 is 0 Å². The molecular weight excluding hydrogens is 210 g/mol. The summed E-state index contributed by atoms with van der Waals surface area (Å²) in [5.41, 5.74) is 2.51. The van der Waals surface area contributed by atoms with E-state index in [1.165, 1.54) is 5.56 Å². The average molecular weight is 229 g/mol. The van der Waals surface area contributed by atoms with Gasteiger partial charge in [0.2, 0.25) is 0 Å². The van der Waals surface area contributed by atoms with Crippen molar-refractivity contribution >= 4 is 0 Å². The van der Waals surface area contributed by atoms with Crippen LogP contribution in [-0.4, -0.2) is 15.3 Å². The van der Waals surface area contributed by atoms with Crippen molar-refractivity contribution < 1.29 is 0 Å². The first-order valence-electron chi connectivity index (χ1n) is 5.89. The largest absolute Gasteiger partial charge is 0.308 e. The van der Waals surface area contributed by atoms with Gasteiger partial charge in [-0.1, -0.05) is 12.1 Å². The number of aromatic nitrogens is 2. The lowest BCUT2D eigenvalue weighted by Gasteiger charge is -2.20. The molecule has 17 heavy (non-hydrogen) atoms. The lowest BCUT2D eigenvalue weighted by molar-refractivity contribution is 0.424. The molecule has 3 nitrogen and oxygen atoms in total. The average Bonchev–Trinajstić information content (AvgIpc) is 2.79. The van der Waals surface area contributed by atoms with Crippen molar-refractivity contribution in [3.8, 4) is 5.69 Å². The Bertz CT molecular complexity index is 466. The van der Waals surface area contributed by atoms with Crippen LogP contribution in [0, 0.1) is 0 Å². The van der Waals surface area contributed by atoms with Crippen molar-refractivity contribution in [1.29, 1.82) is 0 Å². The van der Waals surface area contributed by atoms with Crippen molar-refractivity contribution in [2.75, 3.05) is 0 Å². The van der Waals surface area contributed by atoms with Crippen LogP contribution in [0.3, 0.4) is 0 Å². The number of hydrogen-bond donors (Lipinski definition) is 1. The van der Waals surface area contributed by atoms with Crippen LogP contribution >= 0.6 is 0 Å². The fourth-order valence-electron chi connectivity index (χ4n) is 1.60. The summed E-state index contributed by atoms with van der Waals surface area (Å²) >= 11 is 0. The van der Waals surface area contributed by atoms with Gasteiger partial charge in [-0.3, -0.25) is 0 Å². The summed E-state index contributed by atoms with van der Waals surface area (Å²) in [5, 5.41) is 7.71. The zero-order valence-electron chi connectivity index (χ0n) is 10.6. The molecule has 0 unspecified atom stereocenters. The van der Waals surface area contributed by atoms with Gasteiger partial charge in [0, 0.05) is 24.5 Å². The molecule has 1 aromatic carbocycles. The lowest BCUT2D eigenvalue weighted by atomic mass is 10.1. The Morgan fingerprint density at radius 2 is 2.06 bits per heavy atom. The molecule has 0 aliphatic carbocycles. The Labute approximate surface area is 102 Å². The highest BCUT2D eigenvalue weighted by Crippen LogP contribution is 2.10. The second-order valence-corrected chi connectivity index (χ2v) is 5.22. The maximum Gasteiger partial charge on any atom is 0.0648 e. The molecule has 0 spiro atoms. The minimum atomic E-state index is 0.141. The number of nitrogens with one attached hydrogen (secondary N) is 1. The summed E-state index contributed by atoms with van der Waals surface area (Å²) in [7, 11) is 0. The van der Waals surface area contributed by atoms with Crippen molar-refractivity contribution in [3.63, 3.8) is 0 Å². The minimum absolute atomic E-state index is 0.141. The van der Waals surface area contributed by atoms with Crippen LogP contribution in [0.2, 0.25) is 0 Å². The van der Waals surface area contributed by atoms with Crippen LogP contribution in [0.5, 0.6) is 0 Å². The molecular formula is C14H19N3. The Balaban J connectivity index is 2.12. The van der Waals surface area contributed by atoms with Crippen molar-refractivity contribution in [1.82, 2.24) is 15.1 Å². The third-order valence-electron chi connectivity index (χ3n) is 2.50. The first-order chi connectivity index (χ1) is 8.04. The minimum Gasteiger partial charge on any atom is -0.308 e. The van der Waals surface area contributed by atoms with E-state index in [-0.39, 0.29) is 5.54 Å². The molecule has 1 N–H and O–H groups in total. The first kappa shape index (κ1) is 11.9. The molecule has 1 aromatic heterocycles. The van der Waals surface area contributed by atoms with Gasteiger partial charge in [-0.15, -0.1) is 0 Å². The molecule has 1 heterocycles. The van der Waals surface area contributed by atoms with Crippen LogP contribution < -0.4 is 5.32 Å². The topological polar surface area (TPSA) is 29.9 Å². The van der Waals surface area contributed by atoms with E-state index >= 15 is 0 Å². The number of benzene rings is 1. The fraction of sp³-hybridized carbons (Fsp3) is 0.357. The van der Waals surface area contributed by atoms with Crippen LogP contribution in [-0.2, 0) is 6.54 Å². The molecule has 3 heteroatoms. The van der Waals surface area contributed by atoms with E-state index in [0.29, 0.717) is 0 Å². The normalized spacial score (nSPS) is 11.7. The van der Waals surface area contributed by atoms with Crippen molar-refractivity contribution in [3.05, 3.63) is 48.3 Å². The van der Waals surface area contributed by atoms with Gasteiger partial charge in [0.15, 0.2) is 0 Å². The van der Waals surface area contributed by atoms with E-state index in [4.69, 9.17) is 0 Å². The maximum absolute atomic E-state index is 4.23. The Hall–Kier alpha value is -1.61. The van der Waals surface area contributed by atoms with E-state index in [2.05, 4.69) is 55.5 Å². The monoisotopic (exact) mass is 229 g/mol. The molecule has 0 amide bonds. The van der Waals surface area contributed by atoms with Gasteiger partial charge < -0.3 is 5.32 Å². The molecule has 2 aromatic rings. The van der Waals surface area contributed by atoms with E-state index in [9.17, 15) is 0 Å². The number of nitrogens with zero attached hydrogens (tertiary/aromatic N) is 2. The van der Waals surface area contributed by atoms with Gasteiger partial charge in [-0.05, 0) is 44.5 Å². The fourth-order valence-corrected chi connectivity index (χ4v) is 1.60. The summed E-state index contributed by atoms with van der Waals surface area (Å²) < 4.78 is 1.88. The summed E-state index contributed by atoms with van der Waals surface area (Å²) in [6.45, 7) is 7.39. The summed E-state index contributed by atoms with van der Waals surface area (Å²) in [6.07, 6.45) is 3.75. The van der Waals surface area contributed by atoms with E-state index < -0.39 is 0 Å². The predicted octanol–water partition coefficient (Wildman–Crippen LogP) is 2.76. The molecule has 0 saturated heterocycles. The highest BCUT2D eigenvalue weighted by Gasteiger charge is 2.08. The van der Waals surface area contributed by atoms with Gasteiger partial charge in [0.1, 0.15) is 0 Å². The molecule has 2 rings (SSSR count). The van der Waals surface area contributed by atoms with Crippen LogP contribution in [0.25, 0.3) is 5.69 Å². The quantitative estimate of drug-likeness (QED) is 0.877. The summed E-state index contributed by atoms with van der Waals surface area (Å²) in [6, 6.07) is 10.3. The molecule has 90 valence electrons. The van der Waals surface area contributed by atoms with E-state index in [1.807, 2.05) is 16.9 Å². The molecule has 0 fully saturated rings. The Morgan fingerprint density at radius 1 is 1.24 bits per heavy atom. The van der Waals surface area contributed by atoms with E-state index in [0.717, 1.165) is 12.2 Å². The molecule has 0 saturated carbocycles. The van der Waals surface area contributed by atoms with Crippen molar-refractivity contribution in [2.24, 2.45) is 0 Å². The summed E-state index contributed by atoms with van der Waals surface area (Å²) in [5.74, 6) is 0. The second kappa shape index (κ2) is 4.72. The van der Waals surface area contributed by atoms with Gasteiger partial charge in [-0.2, -0.15) is 5.10 Å². The third-order valence-corrected chi connectivity index (χ3v) is 2.50. The highest BCUT2D eigenvalue weighted by molar-refractivity contribution is 5.35. The Kier molecular flexibility index (Phi) is 3.29. The van der Waals surface area contributed by atoms with Crippen LogP contribution in [0.4, 0.5) is 0 Å². The lowest BCUT2D eigenvalue weighted by Crippen LogP contribution is -2.35. The Morgan fingerprint density at radius 3 is 2.71 bits per heavy atom. The molecule has 0 atom stereocenters. The number of rotatable bonds is 3. The summed E-state index contributed by atoms with van der Waals surface area (Å²) in [4.78, 5) is 0. The smallest absolute Gasteiger partial charge is 0.0648 e. The highest BCUT2D eigenvalue weighted by atomic mass is 15.3. The molecule has 0 bridgehead atoms. The van der Waals surface area contributed by atoms with Gasteiger partial charge in [0.25, 0.3) is 0 Å². The van der Waals surface area contributed by atoms with Gasteiger partial charge in [-0.25, -0.2) is 4.68 Å². The first-order valence-corrected chi connectivity index (χ1v) is 5.89. The SMILES string of the molecule is CC(C)(C)NCc1cccc(-n2cccn2)c1. The van der Waals surface area contributed by atoms with Gasteiger partial charge in [0.05, 0.1) is 5.69 Å². The molecule has 0 radical (unpaired) electrons. The second-order valence-electron chi connectivity index (χ2n) is 5.22. The third kappa shape index (κ3) is 3.43. The number of hydrogen-bond acceptors (Lipinski definition) is 2. The zero-order chi connectivity index (χ0) is 12.3. The molecule has 0 aliphatic rings. The van der Waals surface area contributed by atoms with Crippen molar-refractivity contribution in [2.45, 2.75) is 32.9 Å².